The zero-order chi connectivity index (χ0) is 12.6. The summed E-state index contributed by atoms with van der Waals surface area (Å²) in [6, 6.07) is 1.17. The van der Waals surface area contributed by atoms with Gasteiger partial charge in [0.05, 0.1) is 0 Å². The fourth-order valence-electron chi connectivity index (χ4n) is 2.20. The van der Waals surface area contributed by atoms with Gasteiger partial charge in [-0.2, -0.15) is 0 Å². The van der Waals surface area contributed by atoms with Crippen molar-refractivity contribution in [1.82, 2.24) is 15.1 Å². The van der Waals surface area contributed by atoms with Gasteiger partial charge in [0.2, 0.25) is 0 Å². The van der Waals surface area contributed by atoms with Gasteiger partial charge in [-0.1, -0.05) is 13.0 Å². The van der Waals surface area contributed by atoms with Crippen LogP contribution in [0.1, 0.15) is 20.8 Å². The van der Waals surface area contributed by atoms with Gasteiger partial charge in [0.25, 0.3) is 0 Å². The molecule has 0 aliphatic rings. The van der Waals surface area contributed by atoms with E-state index in [9.17, 15) is 0 Å². The minimum absolute atomic E-state index is 0.569. The molecule has 0 radical (unpaired) electrons. The Morgan fingerprint density at radius 1 is 1.25 bits per heavy atom. The molecular weight excluding hydrogens is 198 g/mol. The van der Waals surface area contributed by atoms with Crippen molar-refractivity contribution >= 4 is 0 Å². The van der Waals surface area contributed by atoms with Gasteiger partial charge in [0.15, 0.2) is 0 Å². The van der Waals surface area contributed by atoms with Crippen LogP contribution in [-0.4, -0.2) is 62.2 Å². The molecule has 0 bridgehead atoms. The molecule has 3 nitrogen and oxygen atoms in total. The van der Waals surface area contributed by atoms with Crippen molar-refractivity contribution in [2.75, 3.05) is 40.3 Å². The van der Waals surface area contributed by atoms with E-state index < -0.39 is 0 Å². The van der Waals surface area contributed by atoms with Gasteiger partial charge in [-0.05, 0) is 34.5 Å². The first-order chi connectivity index (χ1) is 7.52. The van der Waals surface area contributed by atoms with E-state index in [4.69, 9.17) is 0 Å². The quantitative estimate of drug-likeness (QED) is 0.475. The van der Waals surface area contributed by atoms with Crippen LogP contribution < -0.4 is 5.32 Å². The highest BCUT2D eigenvalue weighted by Crippen LogP contribution is 2.05. The van der Waals surface area contributed by atoms with Gasteiger partial charge in [-0.3, -0.25) is 4.90 Å². The molecule has 0 fully saturated rings. The largest absolute Gasteiger partial charge is 0.312 e. The first-order valence-electron chi connectivity index (χ1n) is 6.25. The molecule has 16 heavy (non-hydrogen) atoms. The van der Waals surface area contributed by atoms with Crippen LogP contribution in [0.3, 0.4) is 0 Å². The van der Waals surface area contributed by atoms with Gasteiger partial charge < -0.3 is 10.2 Å². The maximum atomic E-state index is 3.71. The lowest BCUT2D eigenvalue weighted by atomic mass is 10.2. The minimum atomic E-state index is 0.569. The van der Waals surface area contributed by atoms with Gasteiger partial charge in [-0.15, -0.1) is 6.58 Å². The summed E-state index contributed by atoms with van der Waals surface area (Å²) in [5, 5.41) is 3.38. The van der Waals surface area contributed by atoms with Gasteiger partial charge in [0.1, 0.15) is 0 Å². The summed E-state index contributed by atoms with van der Waals surface area (Å²) in [6.45, 7) is 14.7. The number of hydrogen-bond acceptors (Lipinski definition) is 3. The lowest BCUT2D eigenvalue weighted by molar-refractivity contribution is 0.135. The zero-order valence-corrected chi connectivity index (χ0v) is 11.7. The second-order valence-corrected chi connectivity index (χ2v) is 4.74. The Balaban J connectivity index is 4.07. The summed E-state index contributed by atoms with van der Waals surface area (Å²) in [5.74, 6) is 0. The fourth-order valence-corrected chi connectivity index (χ4v) is 2.20. The molecule has 0 aliphatic heterocycles. The molecule has 2 unspecified atom stereocenters. The SMILES string of the molecule is C=CCNCC(C)N(CC)C(C)CN(C)C. The van der Waals surface area contributed by atoms with Crippen LogP contribution in [0.2, 0.25) is 0 Å². The third kappa shape index (κ3) is 6.26. The Morgan fingerprint density at radius 2 is 1.88 bits per heavy atom. The van der Waals surface area contributed by atoms with Crippen molar-refractivity contribution in [3.05, 3.63) is 12.7 Å². The molecule has 0 spiro atoms. The Labute approximate surface area is 101 Å². The van der Waals surface area contributed by atoms with E-state index in [1.165, 1.54) is 0 Å². The molecule has 0 aromatic carbocycles. The second-order valence-electron chi connectivity index (χ2n) is 4.74. The summed E-state index contributed by atoms with van der Waals surface area (Å²) in [7, 11) is 4.26. The van der Waals surface area contributed by atoms with Gasteiger partial charge >= 0.3 is 0 Å². The lowest BCUT2D eigenvalue weighted by Crippen LogP contribution is -2.48. The third-order valence-corrected chi connectivity index (χ3v) is 2.86. The highest BCUT2D eigenvalue weighted by Gasteiger charge is 2.18. The number of nitrogens with zero attached hydrogens (tertiary/aromatic N) is 2. The van der Waals surface area contributed by atoms with Crippen LogP contribution in [0, 0.1) is 0 Å². The third-order valence-electron chi connectivity index (χ3n) is 2.86. The average molecular weight is 227 g/mol. The molecule has 1 N–H and O–H groups in total. The summed E-state index contributed by atoms with van der Waals surface area (Å²) < 4.78 is 0. The van der Waals surface area contributed by atoms with Crippen molar-refractivity contribution in [3.63, 3.8) is 0 Å². The number of hydrogen-bond donors (Lipinski definition) is 1. The number of nitrogens with one attached hydrogen (secondary N) is 1. The highest BCUT2D eigenvalue weighted by molar-refractivity contribution is 4.78. The number of rotatable bonds is 9. The maximum Gasteiger partial charge on any atom is 0.0197 e. The molecule has 0 saturated carbocycles. The zero-order valence-electron chi connectivity index (χ0n) is 11.7. The first-order valence-corrected chi connectivity index (χ1v) is 6.25. The van der Waals surface area contributed by atoms with Gasteiger partial charge in [-0.25, -0.2) is 0 Å². The van der Waals surface area contributed by atoms with Crippen LogP contribution in [0.5, 0.6) is 0 Å². The average Bonchev–Trinajstić information content (AvgIpc) is 2.18. The van der Waals surface area contributed by atoms with E-state index in [2.05, 4.69) is 56.6 Å². The van der Waals surface area contributed by atoms with Crippen molar-refractivity contribution in [3.8, 4) is 0 Å². The molecule has 0 heterocycles. The standard InChI is InChI=1S/C13H29N3/c1-7-9-14-10-12(3)16(8-2)13(4)11-15(5)6/h7,12-14H,1,8-11H2,2-6H3. The van der Waals surface area contributed by atoms with Crippen molar-refractivity contribution in [2.45, 2.75) is 32.9 Å². The van der Waals surface area contributed by atoms with Gasteiger partial charge in [0, 0.05) is 31.7 Å². The van der Waals surface area contributed by atoms with Crippen molar-refractivity contribution in [2.24, 2.45) is 0 Å². The van der Waals surface area contributed by atoms with E-state index in [0.29, 0.717) is 12.1 Å². The van der Waals surface area contributed by atoms with E-state index in [1.54, 1.807) is 0 Å². The molecule has 0 saturated heterocycles. The van der Waals surface area contributed by atoms with Crippen molar-refractivity contribution < 1.29 is 0 Å². The van der Waals surface area contributed by atoms with Crippen LogP contribution in [-0.2, 0) is 0 Å². The smallest absolute Gasteiger partial charge is 0.0197 e. The number of likely N-dealkylation sites (N-methyl/N-ethyl adjacent to an activating group) is 2. The second kappa shape index (κ2) is 8.74. The molecular formula is C13H29N3. The Kier molecular flexibility index (Phi) is 8.53. The molecule has 96 valence electrons. The lowest BCUT2D eigenvalue weighted by Gasteiger charge is -2.35. The Bertz CT molecular complexity index is 180. The normalized spacial score (nSPS) is 15.4. The predicted octanol–water partition coefficient (Wildman–Crippen LogP) is 1.42. The molecule has 0 aliphatic carbocycles. The molecule has 3 heteroatoms. The van der Waals surface area contributed by atoms with E-state index in [1.807, 2.05) is 6.08 Å². The predicted molar refractivity (Wildman–Crippen MR) is 72.9 cm³/mol. The summed E-state index contributed by atoms with van der Waals surface area (Å²) >= 11 is 0. The molecule has 2 atom stereocenters. The van der Waals surface area contributed by atoms with Crippen LogP contribution in [0.4, 0.5) is 0 Å². The van der Waals surface area contributed by atoms with E-state index in [-0.39, 0.29) is 0 Å². The monoisotopic (exact) mass is 227 g/mol. The van der Waals surface area contributed by atoms with Crippen LogP contribution >= 0.6 is 0 Å². The fraction of sp³-hybridized carbons (Fsp3) is 0.846. The highest BCUT2D eigenvalue weighted by atomic mass is 15.2. The topological polar surface area (TPSA) is 18.5 Å². The van der Waals surface area contributed by atoms with Crippen LogP contribution in [0.25, 0.3) is 0 Å². The summed E-state index contributed by atoms with van der Waals surface area (Å²) in [4.78, 5) is 4.79. The first kappa shape index (κ1) is 15.6. The molecule has 0 aromatic heterocycles. The molecule has 0 amide bonds. The Hall–Kier alpha value is -0.380. The molecule has 0 rings (SSSR count). The minimum Gasteiger partial charge on any atom is -0.312 e. The van der Waals surface area contributed by atoms with E-state index >= 15 is 0 Å². The maximum absolute atomic E-state index is 3.71. The van der Waals surface area contributed by atoms with Crippen molar-refractivity contribution in [1.29, 1.82) is 0 Å². The molecule has 0 aromatic rings. The van der Waals surface area contributed by atoms with E-state index in [0.717, 1.165) is 26.2 Å². The Morgan fingerprint density at radius 3 is 2.31 bits per heavy atom. The summed E-state index contributed by atoms with van der Waals surface area (Å²) in [6.07, 6.45) is 1.91. The van der Waals surface area contributed by atoms with Crippen LogP contribution in [0.15, 0.2) is 12.7 Å². The summed E-state index contributed by atoms with van der Waals surface area (Å²) in [5.41, 5.74) is 0.